The molecule has 3 rings (SSSR count). The fraction of sp³-hybridized carbons (Fsp3) is 0.444. The molecular formula is C18H24N2O4S2. The summed E-state index contributed by atoms with van der Waals surface area (Å²) in [5, 5.41) is 4.10. The monoisotopic (exact) mass is 396 g/mol. The smallest absolute Gasteiger partial charge is 0.215 e. The topological polar surface area (TPSA) is 67.9 Å². The molecular weight excluding hydrogens is 372 g/mol. The van der Waals surface area contributed by atoms with E-state index in [1.807, 2.05) is 5.38 Å². The third-order valence-electron chi connectivity index (χ3n) is 4.40. The van der Waals surface area contributed by atoms with Crippen LogP contribution in [-0.4, -0.2) is 53.3 Å². The maximum absolute atomic E-state index is 12.6. The Labute approximate surface area is 158 Å². The van der Waals surface area contributed by atoms with Gasteiger partial charge in [-0.2, -0.15) is 11.3 Å². The zero-order valence-electron chi connectivity index (χ0n) is 14.8. The molecule has 1 saturated heterocycles. The van der Waals surface area contributed by atoms with E-state index in [0.29, 0.717) is 31.1 Å². The van der Waals surface area contributed by atoms with Crippen LogP contribution in [0.5, 0.6) is 5.75 Å². The number of rotatable bonds is 8. The normalized spacial score (nSPS) is 17.1. The Morgan fingerprint density at radius 1 is 1.31 bits per heavy atom. The first kappa shape index (κ1) is 19.3. The highest BCUT2D eigenvalue weighted by Gasteiger charge is 2.24. The lowest BCUT2D eigenvalue weighted by Crippen LogP contribution is -2.43. The van der Waals surface area contributed by atoms with E-state index in [1.54, 1.807) is 42.7 Å². The average molecular weight is 397 g/mol. The lowest BCUT2D eigenvalue weighted by Gasteiger charge is -2.34. The maximum atomic E-state index is 12.6. The predicted octanol–water partition coefficient (Wildman–Crippen LogP) is 2.25. The molecule has 0 amide bonds. The summed E-state index contributed by atoms with van der Waals surface area (Å²) in [6.45, 7) is 3.31. The second-order valence-electron chi connectivity index (χ2n) is 6.18. The van der Waals surface area contributed by atoms with Crippen molar-refractivity contribution in [1.82, 2.24) is 9.62 Å². The molecule has 26 heavy (non-hydrogen) atoms. The van der Waals surface area contributed by atoms with Gasteiger partial charge in [0.15, 0.2) is 0 Å². The minimum Gasteiger partial charge on any atom is -0.497 e. The standard InChI is InChI=1S/C18H24N2O4S2/c1-23-17-4-2-3-15(11-17)14-26(21,22)19-12-18(16-5-10-25-13-16)20-6-8-24-9-7-20/h2-5,10-11,13,18-19H,6-9,12,14H2,1H3. The van der Waals surface area contributed by atoms with E-state index in [-0.39, 0.29) is 11.8 Å². The summed E-state index contributed by atoms with van der Waals surface area (Å²) in [5.74, 6) is 0.589. The molecule has 1 aliphatic heterocycles. The molecule has 0 aliphatic carbocycles. The number of nitrogens with one attached hydrogen (secondary N) is 1. The minimum atomic E-state index is -3.44. The highest BCUT2D eigenvalue weighted by molar-refractivity contribution is 7.88. The number of methoxy groups -OCH3 is 1. The molecule has 0 spiro atoms. The molecule has 142 valence electrons. The number of hydrogen-bond acceptors (Lipinski definition) is 6. The Balaban J connectivity index is 1.67. The van der Waals surface area contributed by atoms with Crippen molar-refractivity contribution >= 4 is 21.4 Å². The zero-order valence-corrected chi connectivity index (χ0v) is 16.4. The first-order chi connectivity index (χ1) is 12.6. The van der Waals surface area contributed by atoms with Crippen LogP contribution in [0, 0.1) is 0 Å². The van der Waals surface area contributed by atoms with Gasteiger partial charge < -0.3 is 9.47 Å². The van der Waals surface area contributed by atoms with Crippen molar-refractivity contribution in [2.75, 3.05) is 40.0 Å². The van der Waals surface area contributed by atoms with Crippen LogP contribution in [0.1, 0.15) is 17.2 Å². The Kier molecular flexibility index (Phi) is 6.66. The third kappa shape index (κ3) is 5.28. The fourth-order valence-corrected chi connectivity index (χ4v) is 4.89. The van der Waals surface area contributed by atoms with E-state index in [2.05, 4.69) is 21.1 Å². The summed E-state index contributed by atoms with van der Waals surface area (Å²) < 4.78 is 38.5. The summed E-state index contributed by atoms with van der Waals surface area (Å²) in [5.41, 5.74) is 1.84. The van der Waals surface area contributed by atoms with Crippen molar-refractivity contribution in [3.05, 3.63) is 52.2 Å². The first-order valence-corrected chi connectivity index (χ1v) is 11.1. The number of benzene rings is 1. The largest absolute Gasteiger partial charge is 0.497 e. The molecule has 1 aromatic carbocycles. The van der Waals surface area contributed by atoms with Gasteiger partial charge in [0.1, 0.15) is 5.75 Å². The number of hydrogen-bond donors (Lipinski definition) is 1. The van der Waals surface area contributed by atoms with Crippen molar-refractivity contribution in [2.45, 2.75) is 11.8 Å². The number of nitrogens with zero attached hydrogens (tertiary/aromatic N) is 1. The van der Waals surface area contributed by atoms with Crippen molar-refractivity contribution in [1.29, 1.82) is 0 Å². The van der Waals surface area contributed by atoms with E-state index in [9.17, 15) is 8.42 Å². The molecule has 1 unspecified atom stereocenters. The van der Waals surface area contributed by atoms with Crippen LogP contribution in [0.4, 0.5) is 0 Å². The average Bonchev–Trinajstić information content (AvgIpc) is 3.17. The number of thiophene rings is 1. The Morgan fingerprint density at radius 2 is 2.12 bits per heavy atom. The zero-order chi connectivity index (χ0) is 18.4. The van der Waals surface area contributed by atoms with Gasteiger partial charge >= 0.3 is 0 Å². The number of ether oxygens (including phenoxy) is 2. The maximum Gasteiger partial charge on any atom is 0.215 e. The van der Waals surface area contributed by atoms with Gasteiger partial charge in [0.25, 0.3) is 0 Å². The third-order valence-corrected chi connectivity index (χ3v) is 6.42. The second kappa shape index (κ2) is 8.96. The van der Waals surface area contributed by atoms with Gasteiger partial charge in [0.05, 0.1) is 26.1 Å². The van der Waals surface area contributed by atoms with Gasteiger partial charge in [-0.05, 0) is 40.1 Å². The Morgan fingerprint density at radius 3 is 2.81 bits per heavy atom. The van der Waals surface area contributed by atoms with Crippen LogP contribution in [0.25, 0.3) is 0 Å². The highest BCUT2D eigenvalue weighted by Crippen LogP contribution is 2.24. The lowest BCUT2D eigenvalue weighted by atomic mass is 10.1. The van der Waals surface area contributed by atoms with Crippen LogP contribution in [0.15, 0.2) is 41.1 Å². The van der Waals surface area contributed by atoms with Crippen molar-refractivity contribution in [2.24, 2.45) is 0 Å². The molecule has 1 aliphatic rings. The molecule has 0 saturated carbocycles. The van der Waals surface area contributed by atoms with Crippen molar-refractivity contribution in [3.63, 3.8) is 0 Å². The number of sulfonamides is 1. The highest BCUT2D eigenvalue weighted by atomic mass is 32.2. The summed E-state index contributed by atoms with van der Waals surface area (Å²) in [7, 11) is -1.88. The summed E-state index contributed by atoms with van der Waals surface area (Å²) >= 11 is 1.62. The Bertz CT molecular complexity index is 787. The molecule has 0 radical (unpaired) electrons. The molecule has 1 N–H and O–H groups in total. The molecule has 1 aromatic heterocycles. The molecule has 6 nitrogen and oxygen atoms in total. The quantitative estimate of drug-likeness (QED) is 0.741. The van der Waals surface area contributed by atoms with E-state index in [1.165, 1.54) is 0 Å². The minimum absolute atomic E-state index is 0.0187. The van der Waals surface area contributed by atoms with Gasteiger partial charge in [-0.3, -0.25) is 4.90 Å². The van der Waals surface area contributed by atoms with Gasteiger partial charge in [0.2, 0.25) is 10.0 Å². The van der Waals surface area contributed by atoms with Gasteiger partial charge in [-0.15, -0.1) is 0 Å². The van der Waals surface area contributed by atoms with Crippen LogP contribution < -0.4 is 9.46 Å². The van der Waals surface area contributed by atoms with E-state index in [0.717, 1.165) is 18.7 Å². The first-order valence-electron chi connectivity index (χ1n) is 8.51. The van der Waals surface area contributed by atoms with Crippen LogP contribution >= 0.6 is 11.3 Å². The van der Waals surface area contributed by atoms with Gasteiger partial charge in [-0.1, -0.05) is 12.1 Å². The molecule has 1 fully saturated rings. The van der Waals surface area contributed by atoms with Crippen molar-refractivity contribution < 1.29 is 17.9 Å². The van der Waals surface area contributed by atoms with Crippen LogP contribution in [-0.2, 0) is 20.5 Å². The molecule has 2 aromatic rings. The molecule has 1 atom stereocenters. The molecule has 8 heteroatoms. The SMILES string of the molecule is COc1cccc(CS(=O)(=O)NCC(c2ccsc2)N2CCOCC2)c1. The summed E-state index contributed by atoms with van der Waals surface area (Å²) in [6, 6.07) is 9.21. The van der Waals surface area contributed by atoms with E-state index < -0.39 is 10.0 Å². The number of morpholine rings is 1. The molecule has 2 heterocycles. The van der Waals surface area contributed by atoms with E-state index >= 15 is 0 Å². The van der Waals surface area contributed by atoms with Crippen molar-refractivity contribution in [3.8, 4) is 5.75 Å². The second-order valence-corrected chi connectivity index (χ2v) is 8.77. The van der Waals surface area contributed by atoms with Gasteiger partial charge in [-0.25, -0.2) is 13.1 Å². The van der Waals surface area contributed by atoms with Crippen LogP contribution in [0.2, 0.25) is 0 Å². The predicted molar refractivity (Wildman–Crippen MR) is 103 cm³/mol. The summed E-state index contributed by atoms with van der Waals surface area (Å²) in [6.07, 6.45) is 0. The Hall–Kier alpha value is -1.45. The molecule has 0 bridgehead atoms. The van der Waals surface area contributed by atoms with Gasteiger partial charge in [0, 0.05) is 25.7 Å². The fourth-order valence-electron chi connectivity index (χ4n) is 3.05. The van der Waals surface area contributed by atoms with E-state index in [4.69, 9.17) is 9.47 Å². The van der Waals surface area contributed by atoms with Crippen LogP contribution in [0.3, 0.4) is 0 Å². The lowest BCUT2D eigenvalue weighted by molar-refractivity contribution is 0.0173. The summed E-state index contributed by atoms with van der Waals surface area (Å²) in [4.78, 5) is 2.28.